The predicted molar refractivity (Wildman–Crippen MR) is 124 cm³/mol. The minimum absolute atomic E-state index is 0.246. The number of carbonyl (C=O) groups excluding carboxylic acids is 1. The van der Waals surface area contributed by atoms with Gasteiger partial charge in [-0.1, -0.05) is 66.2 Å². The lowest BCUT2D eigenvalue weighted by Crippen LogP contribution is -2.17. The van der Waals surface area contributed by atoms with Crippen molar-refractivity contribution in [1.29, 1.82) is 0 Å². The van der Waals surface area contributed by atoms with Gasteiger partial charge in [0.25, 0.3) is 5.91 Å². The van der Waals surface area contributed by atoms with E-state index in [4.69, 9.17) is 44.9 Å². The summed E-state index contributed by atoms with van der Waals surface area (Å²) in [5.74, 6) is 1.06. The number of hydrogen-bond acceptors (Lipinski definition) is 5. The summed E-state index contributed by atoms with van der Waals surface area (Å²) in [6.07, 6.45) is 3.35. The lowest BCUT2D eigenvalue weighted by molar-refractivity contribution is -0.115. The average Bonchev–Trinajstić information content (AvgIpc) is 3.00. The van der Waals surface area contributed by atoms with Crippen LogP contribution in [-0.4, -0.2) is 23.4 Å². The molecule has 1 heterocycles. The molecule has 1 aliphatic rings. The van der Waals surface area contributed by atoms with Crippen molar-refractivity contribution in [2.45, 2.75) is 19.8 Å². The fraction of sp³-hybridized carbons (Fsp3) is 0.238. The highest BCUT2D eigenvalue weighted by Crippen LogP contribution is 2.36. The van der Waals surface area contributed by atoms with Crippen molar-refractivity contribution >= 4 is 63.5 Å². The Hall–Kier alpha value is -1.73. The SMILES string of the molecule is CCc1ccc(OCCCOc2c(Cl)cc(Cl)cc2/C=C2\SC(=S)NC2=O)cc1. The van der Waals surface area contributed by atoms with Gasteiger partial charge in [0, 0.05) is 17.0 Å². The van der Waals surface area contributed by atoms with E-state index in [1.54, 1.807) is 18.2 Å². The van der Waals surface area contributed by atoms with Crippen LogP contribution >= 0.6 is 47.2 Å². The van der Waals surface area contributed by atoms with Gasteiger partial charge in [0.2, 0.25) is 0 Å². The molecule has 1 saturated heterocycles. The van der Waals surface area contributed by atoms with Gasteiger partial charge < -0.3 is 14.8 Å². The van der Waals surface area contributed by atoms with E-state index >= 15 is 0 Å². The third-order valence-electron chi connectivity index (χ3n) is 4.10. The number of aryl methyl sites for hydroxylation is 1. The standard InChI is InChI=1S/C21H19Cl2NO3S2/c1-2-13-4-6-16(7-5-13)26-8-3-9-27-19-14(10-15(22)12-17(19)23)11-18-20(25)24-21(28)29-18/h4-7,10-12H,2-3,8-9H2,1H3,(H,24,25,28)/b18-11-. The number of hydrogen-bond donors (Lipinski definition) is 1. The quantitative estimate of drug-likeness (QED) is 0.297. The number of benzene rings is 2. The van der Waals surface area contributed by atoms with Crippen LogP contribution in [0, 0.1) is 0 Å². The lowest BCUT2D eigenvalue weighted by Gasteiger charge is -2.13. The molecule has 1 N–H and O–H groups in total. The van der Waals surface area contributed by atoms with Crippen molar-refractivity contribution in [2.75, 3.05) is 13.2 Å². The van der Waals surface area contributed by atoms with Crippen LogP contribution in [0.15, 0.2) is 41.3 Å². The van der Waals surface area contributed by atoms with Gasteiger partial charge in [-0.3, -0.25) is 4.79 Å². The second-order valence-electron chi connectivity index (χ2n) is 6.21. The molecule has 1 fully saturated rings. The van der Waals surface area contributed by atoms with Crippen LogP contribution in [0.1, 0.15) is 24.5 Å². The average molecular weight is 468 g/mol. The maximum absolute atomic E-state index is 11.9. The van der Waals surface area contributed by atoms with Gasteiger partial charge in [-0.05, 0) is 42.3 Å². The third kappa shape index (κ3) is 6.12. The number of ether oxygens (including phenoxy) is 2. The molecule has 3 rings (SSSR count). The maximum atomic E-state index is 11.9. The third-order valence-corrected chi connectivity index (χ3v) is 5.76. The van der Waals surface area contributed by atoms with Crippen LogP contribution in [0.2, 0.25) is 10.0 Å². The summed E-state index contributed by atoms with van der Waals surface area (Å²) in [6, 6.07) is 11.4. The molecule has 8 heteroatoms. The minimum atomic E-state index is -0.246. The van der Waals surface area contributed by atoms with E-state index in [0.717, 1.165) is 12.2 Å². The van der Waals surface area contributed by atoms with Gasteiger partial charge in [0.1, 0.15) is 15.8 Å². The monoisotopic (exact) mass is 467 g/mol. The summed E-state index contributed by atoms with van der Waals surface area (Å²) in [6.45, 7) is 3.04. The second-order valence-corrected chi connectivity index (χ2v) is 8.77. The topological polar surface area (TPSA) is 47.6 Å². The summed E-state index contributed by atoms with van der Waals surface area (Å²) in [5.41, 5.74) is 1.90. The molecule has 0 saturated carbocycles. The number of carbonyl (C=O) groups is 1. The van der Waals surface area contributed by atoms with E-state index in [-0.39, 0.29) is 5.91 Å². The van der Waals surface area contributed by atoms with Gasteiger partial charge in [-0.15, -0.1) is 0 Å². The smallest absolute Gasteiger partial charge is 0.263 e. The Kier molecular flexibility index (Phi) is 7.84. The zero-order valence-corrected chi connectivity index (χ0v) is 18.8. The summed E-state index contributed by atoms with van der Waals surface area (Å²) < 4.78 is 12.0. The fourth-order valence-electron chi connectivity index (χ4n) is 2.65. The van der Waals surface area contributed by atoms with Crippen LogP contribution < -0.4 is 14.8 Å². The van der Waals surface area contributed by atoms with E-state index in [0.29, 0.717) is 50.2 Å². The predicted octanol–water partition coefficient (Wildman–Crippen LogP) is 5.89. The molecule has 1 aliphatic heterocycles. The molecule has 0 atom stereocenters. The zero-order valence-electron chi connectivity index (χ0n) is 15.7. The molecule has 0 spiro atoms. The van der Waals surface area contributed by atoms with E-state index < -0.39 is 0 Å². The van der Waals surface area contributed by atoms with Crippen molar-refractivity contribution in [3.63, 3.8) is 0 Å². The molecule has 2 aromatic rings. The van der Waals surface area contributed by atoms with Crippen LogP contribution in [0.4, 0.5) is 0 Å². The molecule has 0 aromatic heterocycles. The largest absolute Gasteiger partial charge is 0.493 e. The molecule has 0 unspecified atom stereocenters. The number of halogens is 2. The Morgan fingerprint density at radius 3 is 2.52 bits per heavy atom. The van der Waals surface area contributed by atoms with Gasteiger partial charge in [-0.2, -0.15) is 0 Å². The molecule has 0 radical (unpaired) electrons. The zero-order chi connectivity index (χ0) is 20.8. The summed E-state index contributed by atoms with van der Waals surface area (Å²) in [4.78, 5) is 12.4. The first-order chi connectivity index (χ1) is 14.0. The van der Waals surface area contributed by atoms with Gasteiger partial charge >= 0.3 is 0 Å². The molecular formula is C21H19Cl2NO3S2. The van der Waals surface area contributed by atoms with Crippen LogP contribution in [0.5, 0.6) is 11.5 Å². The Bertz CT molecular complexity index is 946. The summed E-state index contributed by atoms with van der Waals surface area (Å²) in [7, 11) is 0. The first kappa shape index (κ1) is 22.0. The summed E-state index contributed by atoms with van der Waals surface area (Å²) >= 11 is 18.7. The maximum Gasteiger partial charge on any atom is 0.263 e. The van der Waals surface area contributed by atoms with E-state index in [9.17, 15) is 4.79 Å². The molecule has 152 valence electrons. The molecule has 0 aliphatic carbocycles. The first-order valence-electron chi connectivity index (χ1n) is 9.04. The highest BCUT2D eigenvalue weighted by molar-refractivity contribution is 8.26. The number of amides is 1. The van der Waals surface area contributed by atoms with Gasteiger partial charge in [-0.25, -0.2) is 0 Å². The van der Waals surface area contributed by atoms with Gasteiger partial charge in [0.05, 0.1) is 23.1 Å². The van der Waals surface area contributed by atoms with Crippen molar-refractivity contribution in [3.8, 4) is 11.5 Å². The fourth-order valence-corrected chi connectivity index (χ4v) is 4.25. The van der Waals surface area contributed by atoms with Crippen LogP contribution in [0.25, 0.3) is 6.08 Å². The highest BCUT2D eigenvalue weighted by atomic mass is 35.5. The van der Waals surface area contributed by atoms with Crippen LogP contribution in [-0.2, 0) is 11.2 Å². The van der Waals surface area contributed by atoms with Crippen molar-refractivity contribution < 1.29 is 14.3 Å². The van der Waals surface area contributed by atoms with Crippen molar-refractivity contribution in [1.82, 2.24) is 5.32 Å². The minimum Gasteiger partial charge on any atom is -0.493 e. The second kappa shape index (κ2) is 10.3. The normalized spacial score (nSPS) is 14.9. The molecular weight excluding hydrogens is 449 g/mol. The lowest BCUT2D eigenvalue weighted by atomic mass is 10.2. The van der Waals surface area contributed by atoms with Crippen LogP contribution in [0.3, 0.4) is 0 Å². The first-order valence-corrected chi connectivity index (χ1v) is 11.0. The number of nitrogens with one attached hydrogen (secondary N) is 1. The van der Waals surface area contributed by atoms with Crippen molar-refractivity contribution in [3.05, 3.63) is 62.5 Å². The van der Waals surface area contributed by atoms with Crippen molar-refractivity contribution in [2.24, 2.45) is 0 Å². The number of thioether (sulfide) groups is 1. The molecule has 29 heavy (non-hydrogen) atoms. The molecule has 1 amide bonds. The molecule has 4 nitrogen and oxygen atoms in total. The Labute approximate surface area is 189 Å². The number of rotatable bonds is 8. The van der Waals surface area contributed by atoms with E-state index in [1.807, 2.05) is 12.1 Å². The summed E-state index contributed by atoms with van der Waals surface area (Å²) in [5, 5.41) is 3.42. The van der Waals surface area contributed by atoms with E-state index in [2.05, 4.69) is 24.4 Å². The highest BCUT2D eigenvalue weighted by Gasteiger charge is 2.23. The number of thiocarbonyl (C=S) groups is 1. The Morgan fingerprint density at radius 1 is 1.14 bits per heavy atom. The van der Waals surface area contributed by atoms with Gasteiger partial charge in [0.15, 0.2) is 0 Å². The van der Waals surface area contributed by atoms with E-state index in [1.165, 1.54) is 17.3 Å². The molecule has 0 bridgehead atoms. The Morgan fingerprint density at radius 2 is 1.86 bits per heavy atom. The Balaban J connectivity index is 1.60. The molecule has 2 aromatic carbocycles.